The van der Waals surface area contributed by atoms with Crippen LogP contribution in [-0.2, 0) is 11.2 Å². The van der Waals surface area contributed by atoms with E-state index >= 15 is 0 Å². The molecule has 0 radical (unpaired) electrons. The standard InChI is InChI=1S/C14H19ClN2OS.ClH/c15-9-5-13(19-8-9)3-4-14(18)17-12-6-10-1-2-11(7-12)16-10;/h5,8,10-12,16H,1-4,6-7H2,(H,17,18);1H. The van der Waals surface area contributed by atoms with Gasteiger partial charge in [0, 0.05) is 34.8 Å². The maximum absolute atomic E-state index is 12.0. The summed E-state index contributed by atoms with van der Waals surface area (Å²) in [5.41, 5.74) is 0. The molecule has 1 amide bonds. The summed E-state index contributed by atoms with van der Waals surface area (Å²) < 4.78 is 0. The summed E-state index contributed by atoms with van der Waals surface area (Å²) in [5, 5.41) is 9.47. The first-order valence-corrected chi connectivity index (χ1v) is 8.23. The second-order valence-electron chi connectivity index (χ2n) is 5.60. The first kappa shape index (κ1) is 16.1. The predicted octanol–water partition coefficient (Wildman–Crippen LogP) is 3.16. The number of aryl methyl sites for hydroxylation is 1. The van der Waals surface area contributed by atoms with Crippen molar-refractivity contribution in [3.8, 4) is 0 Å². The van der Waals surface area contributed by atoms with Crippen molar-refractivity contribution in [1.29, 1.82) is 0 Å². The van der Waals surface area contributed by atoms with Crippen LogP contribution in [0.2, 0.25) is 5.02 Å². The number of nitrogens with one attached hydrogen (secondary N) is 2. The van der Waals surface area contributed by atoms with Gasteiger partial charge in [0.2, 0.25) is 5.91 Å². The molecule has 0 aromatic carbocycles. The minimum Gasteiger partial charge on any atom is -0.353 e. The van der Waals surface area contributed by atoms with Crippen molar-refractivity contribution >= 4 is 41.3 Å². The molecule has 1 aromatic heterocycles. The number of thiophene rings is 1. The molecule has 1 aromatic rings. The highest BCUT2D eigenvalue weighted by Gasteiger charge is 2.33. The molecule has 20 heavy (non-hydrogen) atoms. The maximum atomic E-state index is 12.0. The zero-order chi connectivity index (χ0) is 13.2. The molecule has 0 aliphatic carbocycles. The molecular weight excluding hydrogens is 315 g/mol. The Morgan fingerprint density at radius 3 is 2.70 bits per heavy atom. The van der Waals surface area contributed by atoms with E-state index in [1.165, 1.54) is 17.7 Å². The van der Waals surface area contributed by atoms with E-state index in [0.29, 0.717) is 24.5 Å². The minimum atomic E-state index is 0. The van der Waals surface area contributed by atoms with E-state index in [4.69, 9.17) is 11.6 Å². The van der Waals surface area contributed by atoms with Crippen LogP contribution in [0.3, 0.4) is 0 Å². The number of carbonyl (C=O) groups is 1. The van der Waals surface area contributed by atoms with Gasteiger partial charge in [-0.05, 0) is 38.2 Å². The average molecular weight is 335 g/mol. The summed E-state index contributed by atoms with van der Waals surface area (Å²) in [6.45, 7) is 0. The zero-order valence-electron chi connectivity index (χ0n) is 11.2. The van der Waals surface area contributed by atoms with E-state index < -0.39 is 0 Å². The smallest absolute Gasteiger partial charge is 0.220 e. The number of piperidine rings is 1. The van der Waals surface area contributed by atoms with Crippen LogP contribution in [0.4, 0.5) is 0 Å². The third kappa shape index (κ3) is 4.10. The highest BCUT2D eigenvalue weighted by Crippen LogP contribution is 2.27. The molecule has 2 aliphatic rings. The lowest BCUT2D eigenvalue weighted by atomic mass is 9.99. The van der Waals surface area contributed by atoms with Gasteiger partial charge in [-0.25, -0.2) is 0 Å². The lowest BCUT2D eigenvalue weighted by Crippen LogP contribution is -2.48. The molecule has 2 N–H and O–H groups in total. The predicted molar refractivity (Wildman–Crippen MR) is 86.0 cm³/mol. The van der Waals surface area contributed by atoms with Crippen LogP contribution in [0.15, 0.2) is 11.4 Å². The number of carbonyl (C=O) groups excluding carboxylic acids is 1. The van der Waals surface area contributed by atoms with Gasteiger partial charge >= 0.3 is 0 Å². The van der Waals surface area contributed by atoms with Crippen LogP contribution in [0.25, 0.3) is 0 Å². The van der Waals surface area contributed by atoms with Gasteiger partial charge in [-0.15, -0.1) is 23.7 Å². The average Bonchev–Trinajstić information content (AvgIpc) is 2.93. The number of fused-ring (bicyclic) bond motifs is 2. The fourth-order valence-corrected chi connectivity index (χ4v) is 4.27. The zero-order valence-corrected chi connectivity index (χ0v) is 13.6. The molecule has 2 unspecified atom stereocenters. The van der Waals surface area contributed by atoms with Gasteiger partial charge in [-0.1, -0.05) is 11.6 Å². The van der Waals surface area contributed by atoms with Gasteiger partial charge in [-0.3, -0.25) is 4.79 Å². The lowest BCUT2D eigenvalue weighted by Gasteiger charge is -2.29. The SMILES string of the molecule is Cl.O=C(CCc1cc(Cl)cs1)NC1CC2CCC(C1)N2. The molecule has 3 rings (SSSR count). The Morgan fingerprint density at radius 1 is 1.40 bits per heavy atom. The summed E-state index contributed by atoms with van der Waals surface area (Å²) >= 11 is 7.50. The number of hydrogen-bond acceptors (Lipinski definition) is 3. The topological polar surface area (TPSA) is 41.1 Å². The first-order valence-electron chi connectivity index (χ1n) is 6.97. The summed E-state index contributed by atoms with van der Waals surface area (Å²) in [4.78, 5) is 13.2. The summed E-state index contributed by atoms with van der Waals surface area (Å²) in [6.07, 6.45) is 6.08. The van der Waals surface area contributed by atoms with Crippen LogP contribution in [0, 0.1) is 0 Å². The molecule has 2 aliphatic heterocycles. The van der Waals surface area contributed by atoms with Crippen molar-refractivity contribution in [2.45, 2.75) is 56.7 Å². The van der Waals surface area contributed by atoms with Crippen molar-refractivity contribution in [2.75, 3.05) is 0 Å². The Balaban J connectivity index is 0.00000147. The van der Waals surface area contributed by atoms with Gasteiger partial charge in [0.25, 0.3) is 0 Å². The van der Waals surface area contributed by atoms with Crippen molar-refractivity contribution < 1.29 is 4.79 Å². The third-order valence-electron chi connectivity index (χ3n) is 4.06. The van der Waals surface area contributed by atoms with Crippen LogP contribution >= 0.6 is 35.3 Å². The number of rotatable bonds is 4. The Bertz CT molecular complexity index is 454. The van der Waals surface area contributed by atoms with Gasteiger partial charge < -0.3 is 10.6 Å². The van der Waals surface area contributed by atoms with Gasteiger partial charge in [0.15, 0.2) is 0 Å². The number of hydrogen-bond donors (Lipinski definition) is 2. The number of halogens is 2. The molecule has 0 spiro atoms. The van der Waals surface area contributed by atoms with E-state index in [2.05, 4.69) is 10.6 Å². The van der Waals surface area contributed by atoms with Crippen LogP contribution < -0.4 is 10.6 Å². The van der Waals surface area contributed by atoms with E-state index in [1.54, 1.807) is 11.3 Å². The summed E-state index contributed by atoms with van der Waals surface area (Å²) in [5.74, 6) is 0.177. The molecule has 6 heteroatoms. The van der Waals surface area contributed by atoms with Crippen molar-refractivity contribution in [3.63, 3.8) is 0 Å². The van der Waals surface area contributed by atoms with E-state index in [9.17, 15) is 4.79 Å². The molecule has 2 saturated heterocycles. The van der Waals surface area contributed by atoms with E-state index in [-0.39, 0.29) is 18.3 Å². The normalized spacial score (nSPS) is 27.9. The molecule has 0 saturated carbocycles. The monoisotopic (exact) mass is 334 g/mol. The Kier molecular flexibility index (Phi) is 5.73. The Hall–Kier alpha value is -0.290. The van der Waals surface area contributed by atoms with Crippen LogP contribution in [-0.4, -0.2) is 24.0 Å². The third-order valence-corrected chi connectivity index (χ3v) is 5.40. The molecule has 3 heterocycles. The maximum Gasteiger partial charge on any atom is 0.220 e. The van der Waals surface area contributed by atoms with E-state index in [1.807, 2.05) is 11.4 Å². The fourth-order valence-electron chi connectivity index (χ4n) is 3.20. The summed E-state index contributed by atoms with van der Waals surface area (Å²) in [7, 11) is 0. The molecule has 112 valence electrons. The Morgan fingerprint density at radius 2 is 2.10 bits per heavy atom. The molecule has 2 atom stereocenters. The summed E-state index contributed by atoms with van der Waals surface area (Å²) in [6, 6.07) is 3.57. The highest BCUT2D eigenvalue weighted by molar-refractivity contribution is 7.10. The lowest BCUT2D eigenvalue weighted by molar-refractivity contribution is -0.122. The van der Waals surface area contributed by atoms with Crippen LogP contribution in [0.1, 0.15) is 37.0 Å². The van der Waals surface area contributed by atoms with Crippen molar-refractivity contribution in [1.82, 2.24) is 10.6 Å². The molecule has 2 bridgehead atoms. The van der Waals surface area contributed by atoms with Crippen molar-refractivity contribution in [3.05, 3.63) is 21.3 Å². The fraction of sp³-hybridized carbons (Fsp3) is 0.643. The minimum absolute atomic E-state index is 0. The molecular formula is C14H20Cl2N2OS. The molecule has 3 nitrogen and oxygen atoms in total. The second kappa shape index (κ2) is 7.12. The second-order valence-corrected chi connectivity index (χ2v) is 7.04. The van der Waals surface area contributed by atoms with Crippen LogP contribution in [0.5, 0.6) is 0 Å². The molecule has 2 fully saturated rings. The highest BCUT2D eigenvalue weighted by atomic mass is 35.5. The quantitative estimate of drug-likeness (QED) is 0.887. The number of amides is 1. The van der Waals surface area contributed by atoms with E-state index in [0.717, 1.165) is 24.3 Å². The van der Waals surface area contributed by atoms with Gasteiger partial charge in [-0.2, -0.15) is 0 Å². The van der Waals surface area contributed by atoms with Gasteiger partial charge in [0.05, 0.1) is 5.02 Å². The van der Waals surface area contributed by atoms with Gasteiger partial charge in [0.1, 0.15) is 0 Å². The van der Waals surface area contributed by atoms with Crippen molar-refractivity contribution in [2.24, 2.45) is 0 Å². The largest absolute Gasteiger partial charge is 0.353 e. The first-order chi connectivity index (χ1) is 9.19. The Labute approximate surface area is 134 Å².